The highest BCUT2D eigenvalue weighted by Crippen LogP contribution is 2.05. The first-order chi connectivity index (χ1) is 8.19. The zero-order valence-electron chi connectivity index (χ0n) is 8.87. The van der Waals surface area contributed by atoms with Crippen LogP contribution in [0, 0.1) is 11.3 Å². The Morgan fingerprint density at radius 3 is 2.65 bits per heavy atom. The Bertz CT molecular complexity index is 579. The summed E-state index contributed by atoms with van der Waals surface area (Å²) in [5, 5.41) is 12.5. The normalized spacial score (nSPS) is 9.82. The maximum absolute atomic E-state index is 10.9. The van der Waals surface area contributed by atoms with Crippen molar-refractivity contribution >= 4 is 5.91 Å². The van der Waals surface area contributed by atoms with Gasteiger partial charge in [0.15, 0.2) is 0 Å². The van der Waals surface area contributed by atoms with Crippen LogP contribution in [0.3, 0.4) is 0 Å². The van der Waals surface area contributed by atoms with Gasteiger partial charge in [0.05, 0.1) is 6.54 Å². The van der Waals surface area contributed by atoms with Gasteiger partial charge in [0, 0.05) is 5.56 Å². The van der Waals surface area contributed by atoms with Crippen molar-refractivity contribution in [3.63, 3.8) is 0 Å². The quantitative estimate of drug-likeness (QED) is 0.815. The molecule has 2 rings (SSSR count). The number of aromatic nitrogens is 3. The Hall–Kier alpha value is -2.68. The van der Waals surface area contributed by atoms with Crippen LogP contribution in [0.5, 0.6) is 0 Å². The average Bonchev–Trinajstić information content (AvgIpc) is 2.77. The lowest BCUT2D eigenvalue weighted by Gasteiger charge is -2.01. The predicted octanol–water partition coefficient (Wildman–Crippen LogP) is 0.297. The summed E-state index contributed by atoms with van der Waals surface area (Å²) in [5.74, 6) is -0.317. The third-order valence-electron chi connectivity index (χ3n) is 2.22. The number of benzene rings is 1. The van der Waals surface area contributed by atoms with Gasteiger partial charge in [-0.2, -0.15) is 5.26 Å². The minimum absolute atomic E-state index is 0.138. The molecule has 0 aliphatic rings. The SMILES string of the molecule is N#Cc1ncn(Cc2ccc(C(N)=O)cc2)n1. The molecule has 6 nitrogen and oxygen atoms in total. The molecule has 0 saturated carbocycles. The van der Waals surface area contributed by atoms with Crippen molar-refractivity contribution in [3.8, 4) is 6.07 Å². The van der Waals surface area contributed by atoms with Gasteiger partial charge in [0.2, 0.25) is 5.91 Å². The summed E-state index contributed by atoms with van der Waals surface area (Å²) in [6.45, 7) is 0.494. The molecular weight excluding hydrogens is 218 g/mol. The van der Waals surface area contributed by atoms with E-state index in [4.69, 9.17) is 11.0 Å². The summed E-state index contributed by atoms with van der Waals surface area (Å²) in [6, 6.07) is 8.73. The van der Waals surface area contributed by atoms with E-state index in [2.05, 4.69) is 10.1 Å². The number of nitrogens with two attached hydrogens (primary N) is 1. The van der Waals surface area contributed by atoms with Crippen LogP contribution in [0.4, 0.5) is 0 Å². The van der Waals surface area contributed by atoms with Gasteiger partial charge in [-0.05, 0) is 17.7 Å². The molecule has 0 spiro atoms. The summed E-state index contributed by atoms with van der Waals surface area (Å²) >= 11 is 0. The maximum Gasteiger partial charge on any atom is 0.252 e. The molecule has 6 heteroatoms. The Morgan fingerprint density at radius 2 is 2.12 bits per heavy atom. The number of amides is 1. The summed E-state index contributed by atoms with van der Waals surface area (Å²) in [6.07, 6.45) is 1.49. The number of rotatable bonds is 3. The summed E-state index contributed by atoms with van der Waals surface area (Å²) < 4.78 is 1.55. The van der Waals surface area contributed by atoms with E-state index < -0.39 is 5.91 Å². The minimum Gasteiger partial charge on any atom is -0.366 e. The molecule has 0 aliphatic heterocycles. The summed E-state index contributed by atoms with van der Waals surface area (Å²) in [4.78, 5) is 14.7. The standard InChI is InChI=1S/C11H9N5O/c12-5-10-14-7-16(15-10)6-8-1-3-9(4-2-8)11(13)17/h1-4,7H,6H2,(H2,13,17). The van der Waals surface area contributed by atoms with Crippen LogP contribution in [0.15, 0.2) is 30.6 Å². The van der Waals surface area contributed by atoms with Crippen LogP contribution >= 0.6 is 0 Å². The zero-order chi connectivity index (χ0) is 12.3. The fourth-order valence-electron chi connectivity index (χ4n) is 1.38. The van der Waals surface area contributed by atoms with E-state index in [9.17, 15) is 4.79 Å². The predicted molar refractivity (Wildman–Crippen MR) is 58.8 cm³/mol. The highest BCUT2D eigenvalue weighted by Gasteiger charge is 2.02. The average molecular weight is 227 g/mol. The first-order valence-electron chi connectivity index (χ1n) is 4.87. The van der Waals surface area contributed by atoms with Crippen LogP contribution in [0.1, 0.15) is 21.7 Å². The first-order valence-corrected chi connectivity index (χ1v) is 4.87. The Labute approximate surface area is 97.3 Å². The van der Waals surface area contributed by atoms with Crippen molar-refractivity contribution in [2.24, 2.45) is 5.73 Å². The van der Waals surface area contributed by atoms with Gasteiger partial charge in [-0.1, -0.05) is 12.1 Å². The van der Waals surface area contributed by atoms with Crippen LogP contribution in [-0.2, 0) is 6.54 Å². The molecule has 0 fully saturated rings. The Morgan fingerprint density at radius 1 is 1.41 bits per heavy atom. The number of primary amides is 1. The van der Waals surface area contributed by atoms with Gasteiger partial charge in [0.1, 0.15) is 12.4 Å². The maximum atomic E-state index is 10.9. The van der Waals surface area contributed by atoms with Crippen LogP contribution in [0.2, 0.25) is 0 Å². The Balaban J connectivity index is 2.14. The molecule has 0 aliphatic carbocycles. The molecule has 1 aromatic carbocycles. The van der Waals surface area contributed by atoms with Gasteiger partial charge in [0.25, 0.3) is 5.82 Å². The number of hydrogen-bond acceptors (Lipinski definition) is 4. The third-order valence-corrected chi connectivity index (χ3v) is 2.22. The fourth-order valence-corrected chi connectivity index (χ4v) is 1.38. The molecule has 17 heavy (non-hydrogen) atoms. The monoisotopic (exact) mass is 227 g/mol. The van der Waals surface area contributed by atoms with Gasteiger partial charge < -0.3 is 5.73 Å². The molecule has 84 valence electrons. The van der Waals surface area contributed by atoms with Crippen LogP contribution in [-0.4, -0.2) is 20.7 Å². The molecule has 2 N–H and O–H groups in total. The zero-order valence-corrected chi connectivity index (χ0v) is 8.87. The van der Waals surface area contributed by atoms with E-state index in [0.717, 1.165) is 5.56 Å². The molecular formula is C11H9N5O. The lowest BCUT2D eigenvalue weighted by Crippen LogP contribution is -2.10. The van der Waals surface area contributed by atoms with E-state index in [0.29, 0.717) is 12.1 Å². The fraction of sp³-hybridized carbons (Fsp3) is 0.0909. The smallest absolute Gasteiger partial charge is 0.252 e. The number of nitriles is 1. The minimum atomic E-state index is -0.455. The van der Waals surface area contributed by atoms with Gasteiger partial charge in [-0.25, -0.2) is 9.67 Å². The lowest BCUT2D eigenvalue weighted by molar-refractivity contribution is 0.100. The molecule has 1 heterocycles. The Kier molecular flexibility index (Phi) is 2.83. The largest absolute Gasteiger partial charge is 0.366 e. The van der Waals surface area contributed by atoms with Gasteiger partial charge >= 0.3 is 0 Å². The van der Waals surface area contributed by atoms with Crippen molar-refractivity contribution < 1.29 is 4.79 Å². The van der Waals surface area contributed by atoms with E-state index in [1.165, 1.54) is 6.33 Å². The molecule has 0 bridgehead atoms. The number of hydrogen-bond donors (Lipinski definition) is 1. The molecule has 1 aromatic heterocycles. The van der Waals surface area contributed by atoms with Crippen molar-refractivity contribution in [3.05, 3.63) is 47.5 Å². The summed E-state index contributed by atoms with van der Waals surface area (Å²) in [7, 11) is 0. The van der Waals surface area contributed by atoms with Gasteiger partial charge in [-0.3, -0.25) is 4.79 Å². The van der Waals surface area contributed by atoms with E-state index in [-0.39, 0.29) is 5.82 Å². The lowest BCUT2D eigenvalue weighted by atomic mass is 10.1. The third kappa shape index (κ3) is 2.46. The van der Waals surface area contributed by atoms with Crippen molar-refractivity contribution in [1.29, 1.82) is 5.26 Å². The number of carbonyl (C=O) groups is 1. The van der Waals surface area contributed by atoms with Crippen LogP contribution in [0.25, 0.3) is 0 Å². The molecule has 0 unspecified atom stereocenters. The van der Waals surface area contributed by atoms with Gasteiger partial charge in [-0.15, -0.1) is 5.10 Å². The van der Waals surface area contributed by atoms with E-state index >= 15 is 0 Å². The summed E-state index contributed by atoms with van der Waals surface area (Å²) in [5.41, 5.74) is 6.55. The molecule has 0 atom stereocenters. The number of carbonyl (C=O) groups excluding carboxylic acids is 1. The van der Waals surface area contributed by atoms with Crippen LogP contribution < -0.4 is 5.73 Å². The van der Waals surface area contributed by atoms with Crippen molar-refractivity contribution in [2.45, 2.75) is 6.54 Å². The topological polar surface area (TPSA) is 97.6 Å². The highest BCUT2D eigenvalue weighted by molar-refractivity contribution is 5.92. The second kappa shape index (κ2) is 4.45. The molecule has 1 amide bonds. The molecule has 0 saturated heterocycles. The second-order valence-corrected chi connectivity index (χ2v) is 3.44. The van der Waals surface area contributed by atoms with E-state index in [1.54, 1.807) is 28.9 Å². The highest BCUT2D eigenvalue weighted by atomic mass is 16.1. The molecule has 2 aromatic rings. The first kappa shape index (κ1) is 10.8. The second-order valence-electron chi connectivity index (χ2n) is 3.44. The van der Waals surface area contributed by atoms with Crippen molar-refractivity contribution in [1.82, 2.24) is 14.8 Å². The number of nitrogens with zero attached hydrogens (tertiary/aromatic N) is 4. The molecule has 0 radical (unpaired) electrons. The van der Waals surface area contributed by atoms with E-state index in [1.807, 2.05) is 6.07 Å². The van der Waals surface area contributed by atoms with Crippen molar-refractivity contribution in [2.75, 3.05) is 0 Å².